The lowest BCUT2D eigenvalue weighted by atomic mass is 10.0. The summed E-state index contributed by atoms with van der Waals surface area (Å²) in [6.07, 6.45) is 2.67. The predicted molar refractivity (Wildman–Crippen MR) is 126 cm³/mol. The van der Waals surface area contributed by atoms with Gasteiger partial charge in [0.2, 0.25) is 0 Å². The van der Waals surface area contributed by atoms with Crippen molar-refractivity contribution in [3.05, 3.63) is 59.4 Å². The first-order valence-electron chi connectivity index (χ1n) is 8.95. The molecule has 0 amide bonds. The number of benzene rings is 1. The molecule has 0 aliphatic carbocycles. The van der Waals surface area contributed by atoms with Crippen molar-refractivity contribution in [2.24, 2.45) is 10.9 Å². The second kappa shape index (κ2) is 12.8. The van der Waals surface area contributed by atoms with Crippen LogP contribution in [-0.4, -0.2) is 37.1 Å². The van der Waals surface area contributed by atoms with Crippen LogP contribution < -0.4 is 16.0 Å². The first-order valence-corrected chi connectivity index (χ1v) is 9.33. The van der Waals surface area contributed by atoms with Gasteiger partial charge in [0.05, 0.1) is 0 Å². The topological polar surface area (TPSA) is 61.3 Å². The maximum atomic E-state index is 5.81. The number of rotatable bonds is 8. The zero-order chi connectivity index (χ0) is 18.8. The number of halogens is 2. The van der Waals surface area contributed by atoms with E-state index < -0.39 is 0 Å². The van der Waals surface area contributed by atoms with Crippen LogP contribution in [-0.2, 0) is 6.42 Å². The molecule has 2 rings (SSSR count). The van der Waals surface area contributed by atoms with Crippen LogP contribution in [0, 0.1) is 5.92 Å². The van der Waals surface area contributed by atoms with Crippen LogP contribution in [0.4, 0.5) is 5.69 Å². The van der Waals surface area contributed by atoms with Gasteiger partial charge in [-0.2, -0.15) is 0 Å². The van der Waals surface area contributed by atoms with Crippen molar-refractivity contribution in [3.8, 4) is 0 Å². The van der Waals surface area contributed by atoms with E-state index in [4.69, 9.17) is 11.6 Å². The van der Waals surface area contributed by atoms with Gasteiger partial charge in [0.1, 0.15) is 5.15 Å². The minimum atomic E-state index is 0. The van der Waals surface area contributed by atoms with Gasteiger partial charge in [0.15, 0.2) is 5.96 Å². The van der Waals surface area contributed by atoms with Gasteiger partial charge in [-0.1, -0.05) is 49.7 Å². The Hall–Kier alpha value is -1.54. The maximum Gasteiger partial charge on any atom is 0.191 e. The average Bonchev–Trinajstić information content (AvgIpc) is 2.65. The third-order valence-corrected chi connectivity index (χ3v) is 4.36. The van der Waals surface area contributed by atoms with Gasteiger partial charge in [-0.15, -0.1) is 24.0 Å². The number of pyridine rings is 1. The summed E-state index contributed by atoms with van der Waals surface area (Å²) < 4.78 is 0. The number of guanidine groups is 1. The zero-order valence-electron chi connectivity index (χ0n) is 16.1. The maximum absolute atomic E-state index is 5.81. The fraction of sp³-hybridized carbons (Fsp3) is 0.400. The van der Waals surface area contributed by atoms with Crippen molar-refractivity contribution in [2.45, 2.75) is 26.3 Å². The van der Waals surface area contributed by atoms with Gasteiger partial charge in [-0.3, -0.25) is 4.99 Å². The molecule has 0 spiro atoms. The molecule has 0 aliphatic rings. The van der Waals surface area contributed by atoms with E-state index in [-0.39, 0.29) is 24.0 Å². The molecule has 5 nitrogen and oxygen atoms in total. The highest BCUT2D eigenvalue weighted by Gasteiger charge is 2.13. The van der Waals surface area contributed by atoms with E-state index in [0.717, 1.165) is 36.7 Å². The molecule has 2 aromatic rings. The summed E-state index contributed by atoms with van der Waals surface area (Å²) in [6, 6.07) is 14.4. The summed E-state index contributed by atoms with van der Waals surface area (Å²) >= 11 is 5.81. The zero-order valence-corrected chi connectivity index (χ0v) is 19.2. The third kappa shape index (κ3) is 8.79. The second-order valence-electron chi connectivity index (χ2n) is 6.48. The molecule has 0 radical (unpaired) electrons. The van der Waals surface area contributed by atoms with Crippen LogP contribution in [0.25, 0.3) is 0 Å². The number of nitrogens with zero attached hydrogens (tertiary/aromatic N) is 2. The lowest BCUT2D eigenvalue weighted by Gasteiger charge is -2.25. The Balaban J connectivity index is 0.00000364. The largest absolute Gasteiger partial charge is 0.380 e. The third-order valence-electron chi connectivity index (χ3n) is 4.14. The fourth-order valence-electron chi connectivity index (χ4n) is 2.51. The molecule has 3 N–H and O–H groups in total. The van der Waals surface area contributed by atoms with Crippen LogP contribution in [0.1, 0.15) is 19.4 Å². The number of nitrogens with one attached hydrogen (secondary N) is 3. The van der Waals surface area contributed by atoms with Gasteiger partial charge >= 0.3 is 0 Å². The highest BCUT2D eigenvalue weighted by molar-refractivity contribution is 14.0. The molecular weight excluding hydrogens is 473 g/mol. The van der Waals surface area contributed by atoms with E-state index in [1.807, 2.05) is 30.3 Å². The molecule has 0 saturated heterocycles. The van der Waals surface area contributed by atoms with E-state index in [2.05, 4.69) is 51.9 Å². The number of hydrogen-bond acceptors (Lipinski definition) is 3. The molecule has 7 heteroatoms. The monoisotopic (exact) mass is 501 g/mol. The van der Waals surface area contributed by atoms with Gasteiger partial charge in [0, 0.05) is 38.1 Å². The quantitative estimate of drug-likeness (QED) is 0.220. The van der Waals surface area contributed by atoms with Crippen LogP contribution in [0.2, 0.25) is 5.15 Å². The number of anilines is 1. The summed E-state index contributed by atoms with van der Waals surface area (Å²) in [6.45, 7) is 5.99. The van der Waals surface area contributed by atoms with Gasteiger partial charge in [-0.25, -0.2) is 4.98 Å². The highest BCUT2D eigenvalue weighted by atomic mass is 127. The first kappa shape index (κ1) is 23.5. The minimum absolute atomic E-state index is 0. The Labute approximate surface area is 184 Å². The standard InChI is InChI=1S/C20H28ClN5.HI/c1-15(2)18(26-17-7-5-4-6-8-17)14-25-20(22-3)23-12-11-16-9-10-19(21)24-13-16;/h4-10,13,15,18,26H,11-12,14H2,1-3H3,(H2,22,23,25);1H. The normalized spacial score (nSPS) is 12.3. The Morgan fingerprint density at radius 3 is 2.44 bits per heavy atom. The molecule has 1 heterocycles. The Kier molecular flexibility index (Phi) is 11.1. The minimum Gasteiger partial charge on any atom is -0.380 e. The number of aromatic nitrogens is 1. The number of aliphatic imine (C=N–C) groups is 1. The van der Waals surface area contributed by atoms with Gasteiger partial charge in [-0.05, 0) is 36.1 Å². The number of hydrogen-bond donors (Lipinski definition) is 3. The fourth-order valence-corrected chi connectivity index (χ4v) is 2.62. The molecule has 1 unspecified atom stereocenters. The van der Waals surface area contributed by atoms with Gasteiger partial charge in [0.25, 0.3) is 0 Å². The molecule has 148 valence electrons. The number of para-hydroxylation sites is 1. The predicted octanol–water partition coefficient (Wildman–Crippen LogP) is 4.20. The SMILES string of the molecule is CN=C(NCCc1ccc(Cl)nc1)NCC(Nc1ccccc1)C(C)C.I. The van der Waals surface area contributed by atoms with Crippen molar-refractivity contribution in [1.29, 1.82) is 0 Å². The van der Waals surface area contributed by atoms with Crippen LogP contribution in [0.5, 0.6) is 0 Å². The Morgan fingerprint density at radius 2 is 1.85 bits per heavy atom. The molecule has 1 aromatic carbocycles. The lowest BCUT2D eigenvalue weighted by molar-refractivity contribution is 0.512. The summed E-state index contributed by atoms with van der Waals surface area (Å²) in [4.78, 5) is 8.40. The van der Waals surface area contributed by atoms with E-state index >= 15 is 0 Å². The lowest BCUT2D eigenvalue weighted by Crippen LogP contribution is -2.45. The van der Waals surface area contributed by atoms with E-state index in [9.17, 15) is 0 Å². The highest BCUT2D eigenvalue weighted by Crippen LogP contribution is 2.11. The van der Waals surface area contributed by atoms with Crippen molar-refractivity contribution in [1.82, 2.24) is 15.6 Å². The van der Waals surface area contributed by atoms with Crippen LogP contribution in [0.15, 0.2) is 53.7 Å². The van der Waals surface area contributed by atoms with Crippen molar-refractivity contribution >= 4 is 47.2 Å². The summed E-state index contributed by atoms with van der Waals surface area (Å²) in [5, 5.41) is 10.8. The Morgan fingerprint density at radius 1 is 1.11 bits per heavy atom. The summed E-state index contributed by atoms with van der Waals surface area (Å²) in [7, 11) is 1.79. The Bertz CT molecular complexity index is 677. The molecule has 0 saturated carbocycles. The molecule has 0 bridgehead atoms. The molecule has 1 atom stereocenters. The van der Waals surface area contributed by atoms with Crippen molar-refractivity contribution in [3.63, 3.8) is 0 Å². The van der Waals surface area contributed by atoms with E-state index in [1.165, 1.54) is 0 Å². The molecule has 0 aliphatic heterocycles. The van der Waals surface area contributed by atoms with E-state index in [0.29, 0.717) is 17.1 Å². The summed E-state index contributed by atoms with van der Waals surface area (Å²) in [5.41, 5.74) is 2.27. The van der Waals surface area contributed by atoms with Gasteiger partial charge < -0.3 is 16.0 Å². The average molecular weight is 502 g/mol. The smallest absolute Gasteiger partial charge is 0.191 e. The molecular formula is C20H29ClIN5. The second-order valence-corrected chi connectivity index (χ2v) is 6.87. The summed E-state index contributed by atoms with van der Waals surface area (Å²) in [5.74, 6) is 1.29. The van der Waals surface area contributed by atoms with Crippen LogP contribution in [0.3, 0.4) is 0 Å². The first-order chi connectivity index (χ1) is 12.6. The molecule has 1 aromatic heterocycles. The van der Waals surface area contributed by atoms with Crippen molar-refractivity contribution < 1.29 is 0 Å². The molecule has 27 heavy (non-hydrogen) atoms. The van der Waals surface area contributed by atoms with Crippen molar-refractivity contribution in [2.75, 3.05) is 25.5 Å². The van der Waals surface area contributed by atoms with Crippen LogP contribution >= 0.6 is 35.6 Å². The van der Waals surface area contributed by atoms with E-state index in [1.54, 1.807) is 13.2 Å². The molecule has 0 fully saturated rings.